The molecule has 0 amide bonds. The first-order valence-corrected chi connectivity index (χ1v) is 9.04. The van der Waals surface area contributed by atoms with Crippen molar-refractivity contribution in [2.45, 2.75) is 49.5 Å². The van der Waals surface area contributed by atoms with Crippen LogP contribution in [0.2, 0.25) is 5.02 Å². The molecule has 2 aliphatic heterocycles. The Morgan fingerprint density at radius 2 is 2.00 bits per heavy atom. The first kappa shape index (κ1) is 15.8. The molecule has 5 rings (SSSR count). The Morgan fingerprint density at radius 1 is 1.24 bits per heavy atom. The quantitative estimate of drug-likeness (QED) is 0.863. The minimum absolute atomic E-state index is 0.147. The van der Waals surface area contributed by atoms with Crippen molar-refractivity contribution in [1.82, 2.24) is 15.1 Å². The van der Waals surface area contributed by atoms with Gasteiger partial charge < -0.3 is 19.9 Å². The van der Waals surface area contributed by atoms with Gasteiger partial charge in [-0.2, -0.15) is 5.10 Å². The maximum Gasteiger partial charge on any atom is 0.183 e. The molecule has 6 nitrogen and oxygen atoms in total. The molecule has 2 bridgehead atoms. The van der Waals surface area contributed by atoms with E-state index in [1.54, 1.807) is 17.1 Å². The maximum atomic E-state index is 11.0. The molecule has 2 aromatic rings. The van der Waals surface area contributed by atoms with Crippen molar-refractivity contribution in [3.63, 3.8) is 0 Å². The number of aliphatic hydroxyl groups is 1. The number of fused-ring (bicyclic) bond motifs is 3. The van der Waals surface area contributed by atoms with E-state index < -0.39 is 18.4 Å². The summed E-state index contributed by atoms with van der Waals surface area (Å²) in [7, 11) is 0. The smallest absolute Gasteiger partial charge is 0.183 e. The third-order valence-corrected chi connectivity index (χ3v) is 5.68. The highest BCUT2D eigenvalue weighted by molar-refractivity contribution is 6.30. The van der Waals surface area contributed by atoms with Crippen LogP contribution in [-0.2, 0) is 22.3 Å². The molecule has 2 saturated heterocycles. The minimum Gasteiger partial charge on any atom is -0.389 e. The van der Waals surface area contributed by atoms with E-state index in [1.807, 2.05) is 0 Å². The van der Waals surface area contributed by atoms with Crippen LogP contribution in [0, 0.1) is 0 Å². The van der Waals surface area contributed by atoms with Crippen LogP contribution in [0.3, 0.4) is 0 Å². The second-order valence-corrected chi connectivity index (χ2v) is 7.50. The van der Waals surface area contributed by atoms with Crippen molar-refractivity contribution in [1.29, 1.82) is 0 Å². The van der Waals surface area contributed by atoms with E-state index in [0.29, 0.717) is 17.7 Å². The number of aromatic nitrogens is 2. The molecule has 0 unspecified atom stereocenters. The Morgan fingerprint density at radius 3 is 2.68 bits per heavy atom. The molecule has 132 valence electrons. The summed E-state index contributed by atoms with van der Waals surface area (Å²) in [6.45, 7) is 0.477. The monoisotopic (exact) mass is 361 g/mol. The van der Waals surface area contributed by atoms with Crippen molar-refractivity contribution in [2.24, 2.45) is 0 Å². The first-order chi connectivity index (χ1) is 12.2. The number of rotatable bonds is 3. The summed E-state index contributed by atoms with van der Waals surface area (Å²) in [5, 5.41) is 19.4. The summed E-state index contributed by atoms with van der Waals surface area (Å²) in [6.07, 6.45) is 3.89. The van der Waals surface area contributed by atoms with Gasteiger partial charge in [-0.3, -0.25) is 4.68 Å². The summed E-state index contributed by atoms with van der Waals surface area (Å²) in [4.78, 5) is 0. The molecule has 7 heteroatoms. The molecule has 0 spiro atoms. The Balaban J connectivity index is 1.36. The zero-order chi connectivity index (χ0) is 17.0. The summed E-state index contributed by atoms with van der Waals surface area (Å²) in [6, 6.07) is 8.18. The fraction of sp³-hybridized carbons (Fsp3) is 0.500. The molecule has 0 radical (unpaired) electrons. The topological polar surface area (TPSA) is 68.5 Å². The summed E-state index contributed by atoms with van der Waals surface area (Å²) in [5.74, 6) is 0. The number of halogens is 1. The summed E-state index contributed by atoms with van der Waals surface area (Å²) in [5.41, 5.74) is 2.75. The molecule has 2 fully saturated rings. The predicted octanol–water partition coefficient (Wildman–Crippen LogP) is 1.32. The number of hydrogen-bond acceptors (Lipinski definition) is 5. The van der Waals surface area contributed by atoms with Crippen LogP contribution in [0.1, 0.15) is 17.2 Å². The van der Waals surface area contributed by atoms with Gasteiger partial charge in [0, 0.05) is 12.2 Å². The number of benzene rings is 1. The van der Waals surface area contributed by atoms with E-state index in [0.717, 1.165) is 12.8 Å². The van der Waals surface area contributed by atoms with Gasteiger partial charge in [-0.05, 0) is 24.0 Å². The average Bonchev–Trinajstić information content (AvgIpc) is 3.30. The summed E-state index contributed by atoms with van der Waals surface area (Å²) < 4.78 is 13.4. The van der Waals surface area contributed by atoms with E-state index in [1.165, 1.54) is 11.1 Å². The largest absolute Gasteiger partial charge is 0.389 e. The highest BCUT2D eigenvalue weighted by atomic mass is 35.5. The van der Waals surface area contributed by atoms with Crippen LogP contribution in [0.4, 0.5) is 0 Å². The van der Waals surface area contributed by atoms with Gasteiger partial charge in [0.2, 0.25) is 0 Å². The predicted molar refractivity (Wildman–Crippen MR) is 91.5 cm³/mol. The summed E-state index contributed by atoms with van der Waals surface area (Å²) >= 11 is 5.99. The molecule has 1 aromatic carbocycles. The SMILES string of the molecule is O[C@H]1[C@H](NC2Cc3ccccc3C2)[C@H]2CO[C@H](O2)[C@@H]1n1cc(Cl)cn1. The van der Waals surface area contributed by atoms with Crippen LogP contribution in [0.15, 0.2) is 36.7 Å². The van der Waals surface area contributed by atoms with Gasteiger partial charge in [-0.25, -0.2) is 0 Å². The minimum atomic E-state index is -0.661. The number of ether oxygens (including phenoxy) is 2. The number of hydrogen-bond donors (Lipinski definition) is 2. The standard InChI is InChI=1S/C18H20ClN3O3/c19-12-7-20-22(8-12)16-17(23)15(14-9-24-18(16)25-14)21-13-5-10-3-1-2-4-11(10)6-13/h1-4,7-8,13-18,21,23H,5-6,9H2/t14-,15-,16-,17+,18-/m1/s1. The second kappa shape index (κ2) is 6.07. The Labute approximate surface area is 150 Å². The molecule has 0 saturated carbocycles. The number of nitrogens with one attached hydrogen (secondary N) is 1. The van der Waals surface area contributed by atoms with Crippen molar-refractivity contribution in [3.8, 4) is 0 Å². The lowest BCUT2D eigenvalue weighted by atomic mass is 9.95. The van der Waals surface area contributed by atoms with Gasteiger partial charge in [0.1, 0.15) is 12.1 Å². The highest BCUT2D eigenvalue weighted by Crippen LogP contribution is 2.36. The zero-order valence-electron chi connectivity index (χ0n) is 13.6. The maximum absolute atomic E-state index is 11.0. The van der Waals surface area contributed by atoms with E-state index in [9.17, 15) is 5.11 Å². The van der Waals surface area contributed by atoms with Gasteiger partial charge >= 0.3 is 0 Å². The highest BCUT2D eigenvalue weighted by Gasteiger charge is 2.51. The fourth-order valence-corrected chi connectivity index (χ4v) is 4.46. The van der Waals surface area contributed by atoms with Gasteiger partial charge in [-0.15, -0.1) is 0 Å². The van der Waals surface area contributed by atoms with Gasteiger partial charge in [0.15, 0.2) is 6.29 Å². The molecule has 1 aliphatic carbocycles. The lowest BCUT2D eigenvalue weighted by Gasteiger charge is -2.39. The van der Waals surface area contributed by atoms with Crippen LogP contribution < -0.4 is 5.32 Å². The van der Waals surface area contributed by atoms with Crippen molar-refractivity contribution < 1.29 is 14.6 Å². The van der Waals surface area contributed by atoms with Crippen LogP contribution >= 0.6 is 11.6 Å². The van der Waals surface area contributed by atoms with Gasteiger partial charge in [0.25, 0.3) is 0 Å². The van der Waals surface area contributed by atoms with Crippen LogP contribution in [-0.4, -0.2) is 52.1 Å². The Bertz CT molecular complexity index is 757. The van der Waals surface area contributed by atoms with Crippen LogP contribution in [0.5, 0.6) is 0 Å². The van der Waals surface area contributed by atoms with Crippen molar-refractivity contribution in [3.05, 3.63) is 52.8 Å². The van der Waals surface area contributed by atoms with E-state index in [4.69, 9.17) is 21.1 Å². The molecule has 2 N–H and O–H groups in total. The lowest BCUT2D eigenvalue weighted by Crippen LogP contribution is -2.59. The second-order valence-electron chi connectivity index (χ2n) is 7.06. The molecular weight excluding hydrogens is 342 g/mol. The normalized spacial score (nSPS) is 34.4. The Kier molecular flexibility index (Phi) is 3.83. The van der Waals surface area contributed by atoms with E-state index in [-0.39, 0.29) is 12.1 Å². The molecule has 25 heavy (non-hydrogen) atoms. The van der Waals surface area contributed by atoms with Crippen molar-refractivity contribution >= 4 is 11.6 Å². The molecular formula is C18H20ClN3O3. The number of nitrogens with zero attached hydrogens (tertiary/aromatic N) is 2. The number of aliphatic hydroxyl groups excluding tert-OH is 1. The first-order valence-electron chi connectivity index (χ1n) is 8.66. The van der Waals surface area contributed by atoms with Crippen molar-refractivity contribution in [2.75, 3.05) is 6.61 Å². The van der Waals surface area contributed by atoms with E-state index >= 15 is 0 Å². The average molecular weight is 362 g/mol. The molecule has 3 heterocycles. The van der Waals surface area contributed by atoms with Crippen LogP contribution in [0.25, 0.3) is 0 Å². The third-order valence-electron chi connectivity index (χ3n) is 5.49. The lowest BCUT2D eigenvalue weighted by molar-refractivity contribution is -0.169. The molecule has 5 atom stereocenters. The molecule has 3 aliphatic rings. The zero-order valence-corrected chi connectivity index (χ0v) is 14.3. The van der Waals surface area contributed by atoms with Gasteiger partial charge in [0.05, 0.1) is 30.0 Å². The Hall–Kier alpha value is -1.44. The third kappa shape index (κ3) is 2.69. The van der Waals surface area contributed by atoms with E-state index in [2.05, 4.69) is 34.7 Å². The van der Waals surface area contributed by atoms with Gasteiger partial charge in [-0.1, -0.05) is 35.9 Å². The molecule has 1 aromatic heterocycles. The fourth-order valence-electron chi connectivity index (χ4n) is 4.32.